The van der Waals surface area contributed by atoms with Crippen molar-refractivity contribution in [2.24, 2.45) is 4.99 Å². The fourth-order valence-corrected chi connectivity index (χ4v) is 2.50. The first-order valence-corrected chi connectivity index (χ1v) is 9.23. The first kappa shape index (κ1) is 20.8. The van der Waals surface area contributed by atoms with Gasteiger partial charge in [-0.3, -0.25) is 9.79 Å². The van der Waals surface area contributed by atoms with Gasteiger partial charge < -0.3 is 20.5 Å². The van der Waals surface area contributed by atoms with Crippen LogP contribution in [0.15, 0.2) is 33.8 Å². The molecule has 1 aromatic heterocycles. The molecule has 1 amide bonds. The number of rotatable bonds is 7. The first-order chi connectivity index (χ1) is 12.9. The van der Waals surface area contributed by atoms with Gasteiger partial charge in [-0.2, -0.15) is 0 Å². The number of benzene rings is 1. The summed E-state index contributed by atoms with van der Waals surface area (Å²) in [6.07, 6.45) is 0.298. The Morgan fingerprint density at radius 1 is 1.33 bits per heavy atom. The number of aromatic nitrogens is 1. The summed E-state index contributed by atoms with van der Waals surface area (Å²) >= 11 is 6.07. The van der Waals surface area contributed by atoms with Crippen LogP contribution in [-0.4, -0.2) is 30.6 Å². The second-order valence-electron chi connectivity index (χ2n) is 6.44. The average Bonchev–Trinajstić information content (AvgIpc) is 3.11. The summed E-state index contributed by atoms with van der Waals surface area (Å²) in [5, 5.41) is 13.8. The average molecular weight is 392 g/mol. The van der Waals surface area contributed by atoms with Gasteiger partial charge >= 0.3 is 0 Å². The van der Waals surface area contributed by atoms with Crippen molar-refractivity contribution in [1.29, 1.82) is 0 Å². The highest BCUT2D eigenvalue weighted by atomic mass is 35.5. The minimum absolute atomic E-state index is 0.0971. The fourth-order valence-electron chi connectivity index (χ4n) is 2.33. The van der Waals surface area contributed by atoms with Gasteiger partial charge in [-0.25, -0.2) is 0 Å². The zero-order valence-corrected chi connectivity index (χ0v) is 16.9. The summed E-state index contributed by atoms with van der Waals surface area (Å²) < 4.78 is 5.28. The van der Waals surface area contributed by atoms with Crippen LogP contribution in [-0.2, 0) is 11.3 Å². The molecule has 0 radical (unpaired) electrons. The summed E-state index contributed by atoms with van der Waals surface area (Å²) in [6, 6.07) is 7.35. The summed E-state index contributed by atoms with van der Waals surface area (Å²) in [5.41, 5.74) is 2.50. The minimum atomic E-state index is -0.0971. The van der Waals surface area contributed by atoms with Gasteiger partial charge in [-0.15, -0.1) is 0 Å². The lowest BCUT2D eigenvalue weighted by molar-refractivity contribution is -0.116. The summed E-state index contributed by atoms with van der Waals surface area (Å²) in [6.45, 7) is 6.90. The number of amides is 1. The minimum Gasteiger partial charge on any atom is -0.359 e. The number of nitrogens with one attached hydrogen (secondary N) is 3. The lowest BCUT2D eigenvalue weighted by Crippen LogP contribution is -2.38. The van der Waals surface area contributed by atoms with Crippen molar-refractivity contribution in [1.82, 2.24) is 15.8 Å². The van der Waals surface area contributed by atoms with Crippen LogP contribution in [0, 0.1) is 6.92 Å². The van der Waals surface area contributed by atoms with Crippen molar-refractivity contribution in [2.45, 2.75) is 39.7 Å². The lowest BCUT2D eigenvalue weighted by Gasteiger charge is -2.12. The molecule has 0 aliphatic rings. The number of halogens is 1. The van der Waals surface area contributed by atoms with Crippen LogP contribution in [0.25, 0.3) is 0 Å². The van der Waals surface area contributed by atoms with Crippen molar-refractivity contribution in [2.75, 3.05) is 18.9 Å². The molecule has 27 heavy (non-hydrogen) atoms. The van der Waals surface area contributed by atoms with E-state index in [0.717, 1.165) is 22.7 Å². The number of carbonyl (C=O) groups is 1. The Bertz CT molecular complexity index is 801. The predicted octanol–water partition coefficient (Wildman–Crippen LogP) is 3.45. The van der Waals surface area contributed by atoms with Gasteiger partial charge in [0.2, 0.25) is 5.91 Å². The highest BCUT2D eigenvalue weighted by molar-refractivity contribution is 6.31. The number of anilines is 1. The third kappa shape index (κ3) is 6.29. The number of hydrogen-bond donors (Lipinski definition) is 3. The monoisotopic (exact) mass is 391 g/mol. The van der Waals surface area contributed by atoms with Crippen LogP contribution < -0.4 is 16.0 Å². The maximum absolute atomic E-state index is 12.1. The molecule has 7 nitrogen and oxygen atoms in total. The Morgan fingerprint density at radius 3 is 2.78 bits per heavy atom. The number of guanidine groups is 1. The van der Waals surface area contributed by atoms with E-state index >= 15 is 0 Å². The zero-order chi connectivity index (χ0) is 19.8. The standard InChI is InChI=1S/C19H26ClN5O2/c1-12(2)17-10-14(27-25-17)11-23-19(21-4)22-9-8-18(26)24-16-7-5-6-15(20)13(16)3/h5-7,10,12H,8-9,11H2,1-4H3,(H,24,26)(H2,21,22,23). The first-order valence-electron chi connectivity index (χ1n) is 8.85. The molecule has 2 aromatic rings. The largest absolute Gasteiger partial charge is 0.359 e. The smallest absolute Gasteiger partial charge is 0.226 e. The van der Waals surface area contributed by atoms with Crippen molar-refractivity contribution in [3.05, 3.63) is 46.3 Å². The summed E-state index contributed by atoms with van der Waals surface area (Å²) in [7, 11) is 1.67. The van der Waals surface area contributed by atoms with Gasteiger partial charge in [-0.05, 0) is 30.5 Å². The van der Waals surface area contributed by atoms with Crippen LogP contribution in [0.1, 0.15) is 43.2 Å². The highest BCUT2D eigenvalue weighted by Gasteiger charge is 2.09. The Labute approximate surface area is 164 Å². The summed E-state index contributed by atoms with van der Waals surface area (Å²) in [5.74, 6) is 1.54. The van der Waals surface area contributed by atoms with Gasteiger partial charge in [0.25, 0.3) is 0 Å². The van der Waals surface area contributed by atoms with E-state index in [1.807, 2.05) is 25.1 Å². The highest BCUT2D eigenvalue weighted by Crippen LogP contribution is 2.22. The molecule has 1 aromatic carbocycles. The van der Waals surface area contributed by atoms with Crippen LogP contribution in [0.2, 0.25) is 5.02 Å². The van der Waals surface area contributed by atoms with Crippen molar-refractivity contribution >= 4 is 29.2 Å². The third-order valence-electron chi connectivity index (χ3n) is 4.01. The molecular weight excluding hydrogens is 366 g/mol. The van der Waals surface area contributed by atoms with Gasteiger partial charge in [0.05, 0.1) is 12.2 Å². The zero-order valence-electron chi connectivity index (χ0n) is 16.1. The topological polar surface area (TPSA) is 91.5 Å². The van der Waals surface area contributed by atoms with Crippen molar-refractivity contribution in [3.63, 3.8) is 0 Å². The molecule has 0 unspecified atom stereocenters. The number of nitrogens with zero attached hydrogens (tertiary/aromatic N) is 2. The Hall–Kier alpha value is -2.54. The van der Waals surface area contributed by atoms with E-state index in [9.17, 15) is 4.79 Å². The maximum atomic E-state index is 12.1. The third-order valence-corrected chi connectivity index (χ3v) is 4.42. The number of carbonyl (C=O) groups excluding carboxylic acids is 1. The van der Waals surface area contributed by atoms with Gasteiger partial charge in [0.1, 0.15) is 0 Å². The molecular formula is C19H26ClN5O2. The van der Waals surface area contributed by atoms with Crippen molar-refractivity contribution < 1.29 is 9.32 Å². The van der Waals surface area contributed by atoms with Crippen LogP contribution >= 0.6 is 11.6 Å². The molecule has 1 heterocycles. The molecule has 0 spiro atoms. The Kier molecular flexibility index (Phi) is 7.67. The second-order valence-corrected chi connectivity index (χ2v) is 6.84. The van der Waals surface area contributed by atoms with E-state index in [0.29, 0.717) is 36.4 Å². The molecule has 0 saturated heterocycles. The Morgan fingerprint density at radius 2 is 2.11 bits per heavy atom. The normalized spacial score (nSPS) is 11.6. The molecule has 0 atom stereocenters. The van der Waals surface area contributed by atoms with E-state index in [1.165, 1.54) is 0 Å². The SMILES string of the molecule is CN=C(NCCC(=O)Nc1cccc(Cl)c1C)NCc1cc(C(C)C)no1. The van der Waals surface area contributed by atoms with E-state index in [-0.39, 0.29) is 5.91 Å². The van der Waals surface area contributed by atoms with Crippen LogP contribution in [0.3, 0.4) is 0 Å². The van der Waals surface area contributed by atoms with E-state index in [1.54, 1.807) is 13.1 Å². The molecule has 0 aliphatic heterocycles. The molecule has 2 rings (SSSR count). The second kappa shape index (κ2) is 9.97. The number of aliphatic imine (C=N–C) groups is 1. The molecule has 0 saturated carbocycles. The molecule has 3 N–H and O–H groups in total. The quantitative estimate of drug-likeness (QED) is 0.496. The van der Waals surface area contributed by atoms with Crippen molar-refractivity contribution in [3.8, 4) is 0 Å². The molecule has 0 aliphatic carbocycles. The molecule has 8 heteroatoms. The number of hydrogen-bond acceptors (Lipinski definition) is 4. The van der Waals surface area contributed by atoms with Gasteiger partial charge in [-0.1, -0.05) is 36.7 Å². The van der Waals surface area contributed by atoms with Crippen LogP contribution in [0.4, 0.5) is 5.69 Å². The van der Waals surface area contributed by atoms with E-state index in [2.05, 4.69) is 39.9 Å². The molecule has 146 valence electrons. The maximum Gasteiger partial charge on any atom is 0.226 e. The Balaban J connectivity index is 1.75. The fraction of sp³-hybridized carbons (Fsp3) is 0.421. The van der Waals surface area contributed by atoms with Gasteiger partial charge in [0.15, 0.2) is 11.7 Å². The van der Waals surface area contributed by atoms with Crippen LogP contribution in [0.5, 0.6) is 0 Å². The summed E-state index contributed by atoms with van der Waals surface area (Å²) in [4.78, 5) is 16.2. The van der Waals surface area contributed by atoms with Gasteiger partial charge in [0, 0.05) is 36.8 Å². The predicted molar refractivity (Wildman–Crippen MR) is 108 cm³/mol. The van der Waals surface area contributed by atoms with E-state index in [4.69, 9.17) is 16.1 Å². The lowest BCUT2D eigenvalue weighted by atomic mass is 10.1. The van der Waals surface area contributed by atoms with E-state index < -0.39 is 0 Å². The molecule has 0 fully saturated rings. The molecule has 0 bridgehead atoms.